The van der Waals surface area contributed by atoms with E-state index in [-0.39, 0.29) is 5.97 Å². The molecule has 0 aliphatic heterocycles. The number of hydrogen-bond donors (Lipinski definition) is 1. The van der Waals surface area contributed by atoms with Crippen LogP contribution in [0.25, 0.3) is 11.0 Å². The molecule has 1 unspecified atom stereocenters. The standard InChI is InChI=1S/C16H20BrNO3/c1-4-8-18-16(3,15(19)20-5-2)14-10-11-9-12(17)6-7-13(11)21-14/h6-7,9-10,18H,4-5,8H2,1-3H3. The monoisotopic (exact) mass is 353 g/mol. The van der Waals surface area contributed by atoms with Crippen molar-refractivity contribution in [2.75, 3.05) is 13.2 Å². The molecule has 0 bridgehead atoms. The summed E-state index contributed by atoms with van der Waals surface area (Å²) < 4.78 is 12.0. The molecule has 0 aliphatic carbocycles. The van der Waals surface area contributed by atoms with Crippen LogP contribution in [0.4, 0.5) is 0 Å². The molecule has 1 atom stereocenters. The van der Waals surface area contributed by atoms with Crippen LogP contribution in [-0.2, 0) is 15.1 Å². The van der Waals surface area contributed by atoms with E-state index < -0.39 is 5.54 Å². The van der Waals surface area contributed by atoms with Crippen LogP contribution in [0.3, 0.4) is 0 Å². The Bertz CT molecular complexity index is 637. The molecule has 0 aliphatic rings. The second kappa shape index (κ2) is 6.62. The van der Waals surface area contributed by atoms with Crippen molar-refractivity contribution in [3.8, 4) is 0 Å². The molecule has 0 saturated carbocycles. The van der Waals surface area contributed by atoms with Gasteiger partial charge in [0.05, 0.1) is 6.61 Å². The molecule has 2 aromatic rings. The highest BCUT2D eigenvalue weighted by molar-refractivity contribution is 9.10. The zero-order valence-corrected chi connectivity index (χ0v) is 14.1. The minimum atomic E-state index is -0.975. The van der Waals surface area contributed by atoms with E-state index in [0.717, 1.165) is 21.9 Å². The van der Waals surface area contributed by atoms with E-state index in [1.54, 1.807) is 13.8 Å². The third kappa shape index (κ3) is 3.30. The van der Waals surface area contributed by atoms with E-state index in [1.807, 2.05) is 31.2 Å². The van der Waals surface area contributed by atoms with Gasteiger partial charge in [-0.05, 0) is 51.1 Å². The maximum Gasteiger partial charge on any atom is 0.333 e. The summed E-state index contributed by atoms with van der Waals surface area (Å²) in [7, 11) is 0. The molecule has 4 nitrogen and oxygen atoms in total. The summed E-state index contributed by atoms with van der Waals surface area (Å²) >= 11 is 3.44. The molecule has 114 valence electrons. The zero-order valence-electron chi connectivity index (χ0n) is 12.5. The van der Waals surface area contributed by atoms with Gasteiger partial charge >= 0.3 is 5.97 Å². The van der Waals surface area contributed by atoms with Crippen molar-refractivity contribution < 1.29 is 13.9 Å². The fraction of sp³-hybridized carbons (Fsp3) is 0.438. The summed E-state index contributed by atoms with van der Waals surface area (Å²) in [4.78, 5) is 12.4. The van der Waals surface area contributed by atoms with Crippen molar-refractivity contribution in [2.45, 2.75) is 32.7 Å². The lowest BCUT2D eigenvalue weighted by molar-refractivity contribution is -0.151. The van der Waals surface area contributed by atoms with Crippen molar-refractivity contribution in [3.05, 3.63) is 34.5 Å². The van der Waals surface area contributed by atoms with Crippen LogP contribution >= 0.6 is 15.9 Å². The maximum absolute atomic E-state index is 12.4. The van der Waals surface area contributed by atoms with Gasteiger partial charge in [-0.15, -0.1) is 0 Å². The fourth-order valence-corrected chi connectivity index (χ4v) is 2.55. The number of esters is 1. The smallest absolute Gasteiger partial charge is 0.333 e. The number of carbonyl (C=O) groups is 1. The largest absolute Gasteiger partial charge is 0.464 e. The van der Waals surface area contributed by atoms with Gasteiger partial charge in [0.1, 0.15) is 11.3 Å². The molecular weight excluding hydrogens is 334 g/mol. The van der Waals surface area contributed by atoms with E-state index in [1.165, 1.54) is 0 Å². The molecule has 0 spiro atoms. The minimum absolute atomic E-state index is 0.323. The Balaban J connectivity index is 2.44. The molecule has 2 rings (SSSR count). The molecule has 5 heteroatoms. The van der Waals surface area contributed by atoms with Gasteiger partial charge in [-0.1, -0.05) is 22.9 Å². The van der Waals surface area contributed by atoms with Crippen LogP contribution in [0.1, 0.15) is 33.0 Å². The number of hydrogen-bond acceptors (Lipinski definition) is 4. The quantitative estimate of drug-likeness (QED) is 0.798. The molecule has 1 aromatic carbocycles. The highest BCUT2D eigenvalue weighted by Gasteiger charge is 2.39. The average molecular weight is 354 g/mol. The summed E-state index contributed by atoms with van der Waals surface area (Å²) in [6.45, 7) is 6.69. The predicted molar refractivity (Wildman–Crippen MR) is 86.2 cm³/mol. The van der Waals surface area contributed by atoms with Gasteiger partial charge in [0.2, 0.25) is 0 Å². The molecule has 0 radical (unpaired) electrons. The number of benzene rings is 1. The van der Waals surface area contributed by atoms with Gasteiger partial charge < -0.3 is 9.15 Å². The lowest BCUT2D eigenvalue weighted by Gasteiger charge is -2.26. The SMILES string of the molecule is CCCNC(C)(C(=O)OCC)c1cc2cc(Br)ccc2o1. The molecular formula is C16H20BrNO3. The summed E-state index contributed by atoms with van der Waals surface area (Å²) in [5, 5.41) is 4.19. The third-order valence-electron chi connectivity index (χ3n) is 3.38. The van der Waals surface area contributed by atoms with Crippen LogP contribution < -0.4 is 5.32 Å². The lowest BCUT2D eigenvalue weighted by atomic mass is 9.98. The molecule has 1 aromatic heterocycles. The molecule has 0 saturated heterocycles. The number of rotatable bonds is 6. The molecule has 21 heavy (non-hydrogen) atoms. The Morgan fingerprint density at radius 1 is 1.38 bits per heavy atom. The predicted octanol–water partition coefficient (Wildman–Crippen LogP) is 3.97. The first-order chi connectivity index (χ1) is 10.0. The Morgan fingerprint density at radius 3 is 2.81 bits per heavy atom. The van der Waals surface area contributed by atoms with Crippen LogP contribution in [0.2, 0.25) is 0 Å². The van der Waals surface area contributed by atoms with Gasteiger partial charge in [0.25, 0.3) is 0 Å². The Labute approximate surface area is 133 Å². The first-order valence-electron chi connectivity index (χ1n) is 7.13. The highest BCUT2D eigenvalue weighted by Crippen LogP contribution is 2.30. The van der Waals surface area contributed by atoms with Crippen LogP contribution in [-0.4, -0.2) is 19.1 Å². The second-order valence-electron chi connectivity index (χ2n) is 5.07. The number of furan rings is 1. The topological polar surface area (TPSA) is 51.5 Å². The van der Waals surface area contributed by atoms with Gasteiger partial charge in [-0.25, -0.2) is 4.79 Å². The summed E-state index contributed by atoms with van der Waals surface area (Å²) in [6.07, 6.45) is 0.917. The van der Waals surface area contributed by atoms with E-state index in [0.29, 0.717) is 18.9 Å². The summed E-state index contributed by atoms with van der Waals surface area (Å²) in [5.41, 5.74) is -0.223. The number of nitrogens with one attached hydrogen (secondary N) is 1. The number of halogens is 1. The van der Waals surface area contributed by atoms with Gasteiger partial charge in [0, 0.05) is 9.86 Å². The molecule has 1 heterocycles. The van der Waals surface area contributed by atoms with E-state index in [2.05, 4.69) is 21.2 Å². The number of fused-ring (bicyclic) bond motifs is 1. The molecule has 1 N–H and O–H groups in total. The minimum Gasteiger partial charge on any atom is -0.464 e. The van der Waals surface area contributed by atoms with E-state index in [9.17, 15) is 4.79 Å². The van der Waals surface area contributed by atoms with Crippen molar-refractivity contribution in [1.29, 1.82) is 0 Å². The third-order valence-corrected chi connectivity index (χ3v) is 3.88. The van der Waals surface area contributed by atoms with Crippen LogP contribution in [0, 0.1) is 0 Å². The number of carbonyl (C=O) groups excluding carboxylic acids is 1. The highest BCUT2D eigenvalue weighted by atomic mass is 79.9. The maximum atomic E-state index is 12.4. The van der Waals surface area contributed by atoms with Crippen molar-refractivity contribution >= 4 is 32.9 Å². The summed E-state index contributed by atoms with van der Waals surface area (Å²) in [5.74, 6) is 0.249. The van der Waals surface area contributed by atoms with Crippen LogP contribution in [0.15, 0.2) is 33.2 Å². The van der Waals surface area contributed by atoms with Crippen molar-refractivity contribution in [1.82, 2.24) is 5.32 Å². The average Bonchev–Trinajstić information content (AvgIpc) is 2.88. The molecule has 0 fully saturated rings. The number of ether oxygens (including phenoxy) is 1. The first-order valence-corrected chi connectivity index (χ1v) is 7.92. The van der Waals surface area contributed by atoms with Crippen molar-refractivity contribution in [3.63, 3.8) is 0 Å². The van der Waals surface area contributed by atoms with Gasteiger partial charge in [0.15, 0.2) is 5.54 Å². The summed E-state index contributed by atoms with van der Waals surface area (Å²) in [6, 6.07) is 7.65. The van der Waals surface area contributed by atoms with Gasteiger partial charge in [-0.3, -0.25) is 5.32 Å². The first kappa shape index (κ1) is 16.0. The molecule has 0 amide bonds. The van der Waals surface area contributed by atoms with Crippen molar-refractivity contribution in [2.24, 2.45) is 0 Å². The van der Waals surface area contributed by atoms with Gasteiger partial charge in [-0.2, -0.15) is 0 Å². The Hall–Kier alpha value is -1.33. The van der Waals surface area contributed by atoms with E-state index in [4.69, 9.17) is 9.15 Å². The normalized spacial score (nSPS) is 14.1. The zero-order chi connectivity index (χ0) is 15.5. The Morgan fingerprint density at radius 2 is 2.14 bits per heavy atom. The lowest BCUT2D eigenvalue weighted by Crippen LogP contribution is -2.47. The van der Waals surface area contributed by atoms with E-state index >= 15 is 0 Å². The van der Waals surface area contributed by atoms with Crippen LogP contribution in [0.5, 0.6) is 0 Å². The fourth-order valence-electron chi connectivity index (χ4n) is 2.17. The Kier molecular flexibility index (Phi) is 5.06. The second-order valence-corrected chi connectivity index (χ2v) is 5.98.